The van der Waals surface area contributed by atoms with Crippen LogP contribution in [0.3, 0.4) is 0 Å². The molecule has 3 atom stereocenters. The van der Waals surface area contributed by atoms with Gasteiger partial charge in [0.25, 0.3) is 0 Å². The summed E-state index contributed by atoms with van der Waals surface area (Å²) in [7, 11) is 0. The molecule has 80 valence electrons. The smallest absolute Gasteiger partial charge is 0.0131 e. The molecule has 0 radical (unpaired) electrons. The van der Waals surface area contributed by atoms with Crippen LogP contribution in [0.15, 0.2) is 0 Å². The molecule has 0 saturated heterocycles. The summed E-state index contributed by atoms with van der Waals surface area (Å²) in [5.41, 5.74) is 1.17. The third-order valence-corrected chi connectivity index (χ3v) is 5.81. The van der Waals surface area contributed by atoms with Crippen molar-refractivity contribution < 1.29 is 0 Å². The predicted molar refractivity (Wildman–Crippen MR) is 59.2 cm³/mol. The predicted octanol–water partition coefficient (Wildman–Crippen LogP) is 2.95. The van der Waals surface area contributed by atoms with Gasteiger partial charge in [-0.25, -0.2) is 0 Å². The Kier molecular flexibility index (Phi) is 1.68. The van der Waals surface area contributed by atoms with Crippen molar-refractivity contribution in [2.75, 3.05) is 0 Å². The molecule has 3 aliphatic rings. The van der Waals surface area contributed by atoms with E-state index in [9.17, 15) is 0 Å². The van der Waals surface area contributed by atoms with Crippen LogP contribution >= 0.6 is 0 Å². The van der Waals surface area contributed by atoms with Gasteiger partial charge in [-0.1, -0.05) is 20.8 Å². The van der Waals surface area contributed by atoms with Crippen LogP contribution in [0.1, 0.15) is 52.9 Å². The van der Waals surface area contributed by atoms with E-state index < -0.39 is 0 Å². The number of rotatable bonds is 2. The summed E-state index contributed by atoms with van der Waals surface area (Å²) in [6, 6.07) is 1.70. The van der Waals surface area contributed by atoms with Gasteiger partial charge in [0.1, 0.15) is 0 Å². The topological polar surface area (TPSA) is 12.0 Å². The maximum absolute atomic E-state index is 3.88. The lowest BCUT2D eigenvalue weighted by Crippen LogP contribution is -2.45. The maximum atomic E-state index is 3.88. The molecule has 0 heterocycles. The lowest BCUT2D eigenvalue weighted by Gasteiger charge is -2.39. The highest BCUT2D eigenvalue weighted by Gasteiger charge is 2.61. The Hall–Kier alpha value is -0.0400. The molecule has 14 heavy (non-hydrogen) atoms. The Bertz CT molecular complexity index is 254. The molecule has 0 amide bonds. The molecule has 1 heteroatoms. The lowest BCUT2D eigenvalue weighted by molar-refractivity contribution is 0.120. The standard InChI is InChI=1S/C13H23N/c1-12(2)9-6-7-13(12,3)11(8-9)14-10-4-5-10/h9-11,14H,4-8H2,1-3H3/t9-,11-,13+/m1/s1. The van der Waals surface area contributed by atoms with Gasteiger partial charge in [-0.2, -0.15) is 0 Å². The highest BCUT2D eigenvalue weighted by Crippen LogP contribution is 2.65. The Balaban J connectivity index is 1.83. The van der Waals surface area contributed by atoms with Crippen molar-refractivity contribution in [2.45, 2.75) is 65.0 Å². The van der Waals surface area contributed by atoms with Gasteiger partial charge in [-0.3, -0.25) is 0 Å². The molecule has 1 N–H and O–H groups in total. The van der Waals surface area contributed by atoms with Gasteiger partial charge in [0, 0.05) is 12.1 Å². The van der Waals surface area contributed by atoms with Crippen molar-refractivity contribution in [1.82, 2.24) is 5.32 Å². The number of fused-ring (bicyclic) bond motifs is 2. The van der Waals surface area contributed by atoms with Crippen LogP contribution in [0.5, 0.6) is 0 Å². The van der Waals surface area contributed by atoms with E-state index in [1.54, 1.807) is 0 Å². The van der Waals surface area contributed by atoms with E-state index in [1.165, 1.54) is 32.1 Å². The minimum Gasteiger partial charge on any atom is -0.311 e. The molecule has 1 nitrogen and oxygen atoms in total. The summed E-state index contributed by atoms with van der Waals surface area (Å²) in [5.74, 6) is 0.990. The van der Waals surface area contributed by atoms with Crippen molar-refractivity contribution in [3.8, 4) is 0 Å². The average Bonchev–Trinajstić information content (AvgIpc) is 2.85. The van der Waals surface area contributed by atoms with E-state index in [0.717, 1.165) is 18.0 Å². The third kappa shape index (κ3) is 0.997. The summed E-state index contributed by atoms with van der Waals surface area (Å²) >= 11 is 0. The monoisotopic (exact) mass is 193 g/mol. The van der Waals surface area contributed by atoms with Gasteiger partial charge < -0.3 is 5.32 Å². The van der Waals surface area contributed by atoms with E-state index in [-0.39, 0.29) is 0 Å². The molecule has 2 bridgehead atoms. The fourth-order valence-electron chi connectivity index (χ4n) is 3.99. The van der Waals surface area contributed by atoms with Crippen molar-refractivity contribution in [3.63, 3.8) is 0 Å². The quantitative estimate of drug-likeness (QED) is 0.711. The van der Waals surface area contributed by atoms with Crippen LogP contribution in [0.25, 0.3) is 0 Å². The molecule has 0 aliphatic heterocycles. The first-order valence-electron chi connectivity index (χ1n) is 6.30. The highest BCUT2D eigenvalue weighted by molar-refractivity contribution is 5.13. The Morgan fingerprint density at radius 2 is 1.79 bits per heavy atom. The molecule has 3 saturated carbocycles. The van der Waals surface area contributed by atoms with Crippen LogP contribution in [0.2, 0.25) is 0 Å². The van der Waals surface area contributed by atoms with E-state index in [0.29, 0.717) is 10.8 Å². The normalized spacial score (nSPS) is 49.9. The van der Waals surface area contributed by atoms with E-state index >= 15 is 0 Å². The molecule has 0 aromatic heterocycles. The fourth-order valence-corrected chi connectivity index (χ4v) is 3.99. The minimum atomic E-state index is 0.583. The van der Waals surface area contributed by atoms with Crippen molar-refractivity contribution in [2.24, 2.45) is 16.7 Å². The van der Waals surface area contributed by atoms with Gasteiger partial charge in [-0.15, -0.1) is 0 Å². The van der Waals surface area contributed by atoms with Gasteiger partial charge in [0.2, 0.25) is 0 Å². The van der Waals surface area contributed by atoms with Gasteiger partial charge in [0.15, 0.2) is 0 Å². The Morgan fingerprint density at radius 1 is 1.07 bits per heavy atom. The van der Waals surface area contributed by atoms with Crippen LogP contribution < -0.4 is 5.32 Å². The van der Waals surface area contributed by atoms with Gasteiger partial charge >= 0.3 is 0 Å². The fraction of sp³-hybridized carbons (Fsp3) is 1.00. The largest absolute Gasteiger partial charge is 0.311 e. The summed E-state index contributed by atoms with van der Waals surface area (Å²) in [4.78, 5) is 0. The van der Waals surface area contributed by atoms with Gasteiger partial charge in [0.05, 0.1) is 0 Å². The summed E-state index contributed by atoms with van der Waals surface area (Å²) in [6.45, 7) is 7.53. The maximum Gasteiger partial charge on any atom is 0.0131 e. The first-order chi connectivity index (χ1) is 6.54. The van der Waals surface area contributed by atoms with E-state index in [2.05, 4.69) is 26.1 Å². The number of hydrogen-bond donors (Lipinski definition) is 1. The molecule has 0 aromatic rings. The van der Waals surface area contributed by atoms with E-state index in [1.807, 2.05) is 0 Å². The van der Waals surface area contributed by atoms with Crippen molar-refractivity contribution in [1.29, 1.82) is 0 Å². The lowest BCUT2D eigenvalue weighted by atomic mass is 9.69. The molecule has 3 fully saturated rings. The minimum absolute atomic E-state index is 0.583. The average molecular weight is 193 g/mol. The molecule has 0 spiro atoms. The van der Waals surface area contributed by atoms with Gasteiger partial charge in [-0.05, 0) is 48.9 Å². The second kappa shape index (κ2) is 2.55. The summed E-state index contributed by atoms with van der Waals surface area (Å²) in [6.07, 6.45) is 7.23. The first kappa shape index (κ1) is 9.21. The molecule has 3 rings (SSSR count). The van der Waals surface area contributed by atoms with Crippen LogP contribution in [-0.2, 0) is 0 Å². The third-order valence-electron chi connectivity index (χ3n) is 5.81. The zero-order valence-corrected chi connectivity index (χ0v) is 9.77. The number of nitrogens with one attached hydrogen (secondary N) is 1. The molecular formula is C13H23N. The summed E-state index contributed by atoms with van der Waals surface area (Å²) in [5, 5.41) is 3.88. The van der Waals surface area contributed by atoms with E-state index in [4.69, 9.17) is 0 Å². The molecule has 0 aromatic carbocycles. The van der Waals surface area contributed by atoms with Crippen LogP contribution in [0, 0.1) is 16.7 Å². The molecular weight excluding hydrogens is 170 g/mol. The molecule has 3 aliphatic carbocycles. The van der Waals surface area contributed by atoms with Crippen molar-refractivity contribution in [3.05, 3.63) is 0 Å². The number of hydrogen-bond acceptors (Lipinski definition) is 1. The Labute approximate surface area is 87.7 Å². The van der Waals surface area contributed by atoms with Crippen LogP contribution in [0.4, 0.5) is 0 Å². The SMILES string of the molecule is CC1(C)[C@@H]2CC[C@@]1(C)[C@H](NC1CC1)C2. The Morgan fingerprint density at radius 3 is 2.21 bits per heavy atom. The second-order valence-corrected chi connectivity index (χ2v) is 6.60. The zero-order chi connectivity index (χ0) is 9.97. The second-order valence-electron chi connectivity index (χ2n) is 6.60. The van der Waals surface area contributed by atoms with Crippen molar-refractivity contribution >= 4 is 0 Å². The highest BCUT2D eigenvalue weighted by atomic mass is 15.0. The van der Waals surface area contributed by atoms with Crippen LogP contribution in [-0.4, -0.2) is 12.1 Å². The zero-order valence-electron chi connectivity index (χ0n) is 9.77. The molecule has 0 unspecified atom stereocenters. The summed E-state index contributed by atoms with van der Waals surface area (Å²) < 4.78 is 0. The first-order valence-corrected chi connectivity index (χ1v) is 6.30.